The van der Waals surface area contributed by atoms with E-state index in [2.05, 4.69) is 36.3 Å². The fourth-order valence-corrected chi connectivity index (χ4v) is 2.15. The van der Waals surface area contributed by atoms with Crippen molar-refractivity contribution in [3.63, 3.8) is 0 Å². The number of pyridine rings is 1. The number of aromatic nitrogens is 1. The Labute approximate surface area is 85.7 Å². The van der Waals surface area contributed by atoms with Gasteiger partial charge in [-0.2, -0.15) is 0 Å². The van der Waals surface area contributed by atoms with Crippen molar-refractivity contribution < 1.29 is 0 Å². The first-order valence-corrected chi connectivity index (χ1v) is 5.33. The van der Waals surface area contributed by atoms with Crippen LogP contribution in [0.4, 0.5) is 0 Å². The molecule has 2 rings (SSSR count). The van der Waals surface area contributed by atoms with Crippen LogP contribution in [0, 0.1) is 19.8 Å². The zero-order chi connectivity index (χ0) is 10.1. The Hall–Kier alpha value is -0.890. The molecule has 1 saturated carbocycles. The van der Waals surface area contributed by atoms with Gasteiger partial charge in [0.2, 0.25) is 0 Å². The third kappa shape index (κ3) is 1.95. The van der Waals surface area contributed by atoms with Crippen LogP contribution >= 0.6 is 0 Å². The SMILES string of the molecule is CNC(c1cc(C)nc(C)c1)C1CC1. The molecule has 2 nitrogen and oxygen atoms in total. The van der Waals surface area contributed by atoms with Crippen molar-refractivity contribution in [2.45, 2.75) is 32.7 Å². The van der Waals surface area contributed by atoms with Gasteiger partial charge in [-0.05, 0) is 57.4 Å². The van der Waals surface area contributed by atoms with Crippen LogP contribution in [0.5, 0.6) is 0 Å². The second kappa shape index (κ2) is 3.70. The number of rotatable bonds is 3. The minimum Gasteiger partial charge on any atom is -0.313 e. The van der Waals surface area contributed by atoms with Crippen molar-refractivity contribution in [2.75, 3.05) is 7.05 Å². The molecule has 1 N–H and O–H groups in total. The largest absolute Gasteiger partial charge is 0.313 e. The van der Waals surface area contributed by atoms with E-state index in [4.69, 9.17) is 0 Å². The van der Waals surface area contributed by atoms with Crippen LogP contribution in [0.2, 0.25) is 0 Å². The lowest BCUT2D eigenvalue weighted by Crippen LogP contribution is -2.18. The van der Waals surface area contributed by atoms with Gasteiger partial charge in [-0.15, -0.1) is 0 Å². The predicted octanol–water partition coefficient (Wildman–Crippen LogP) is 2.37. The van der Waals surface area contributed by atoms with E-state index in [1.807, 2.05) is 7.05 Å². The number of hydrogen-bond acceptors (Lipinski definition) is 2. The molecule has 0 aromatic carbocycles. The molecule has 0 amide bonds. The molecule has 1 aliphatic rings. The van der Waals surface area contributed by atoms with Gasteiger partial charge in [0, 0.05) is 17.4 Å². The van der Waals surface area contributed by atoms with Gasteiger partial charge in [0.25, 0.3) is 0 Å². The van der Waals surface area contributed by atoms with Gasteiger partial charge < -0.3 is 5.32 Å². The van der Waals surface area contributed by atoms with Crippen molar-refractivity contribution in [2.24, 2.45) is 5.92 Å². The summed E-state index contributed by atoms with van der Waals surface area (Å²) < 4.78 is 0. The van der Waals surface area contributed by atoms with Gasteiger partial charge in [-0.3, -0.25) is 4.98 Å². The number of aryl methyl sites for hydroxylation is 2. The fraction of sp³-hybridized carbons (Fsp3) is 0.583. The van der Waals surface area contributed by atoms with Gasteiger partial charge in [-0.1, -0.05) is 0 Å². The Balaban J connectivity index is 2.28. The van der Waals surface area contributed by atoms with E-state index in [-0.39, 0.29) is 0 Å². The lowest BCUT2D eigenvalue weighted by molar-refractivity contribution is 0.527. The molecule has 0 saturated heterocycles. The molecule has 1 aromatic rings. The van der Waals surface area contributed by atoms with Crippen LogP contribution in [0.3, 0.4) is 0 Å². The molecule has 76 valence electrons. The summed E-state index contributed by atoms with van der Waals surface area (Å²) in [4.78, 5) is 4.40. The molecule has 1 unspecified atom stereocenters. The molecule has 14 heavy (non-hydrogen) atoms. The average Bonchev–Trinajstić information content (AvgIpc) is 2.87. The first-order chi connectivity index (χ1) is 6.70. The highest BCUT2D eigenvalue weighted by atomic mass is 14.9. The maximum atomic E-state index is 4.40. The van der Waals surface area contributed by atoms with Crippen LogP contribution in [0.1, 0.15) is 35.8 Å². The summed E-state index contributed by atoms with van der Waals surface area (Å²) in [6.07, 6.45) is 2.73. The smallest absolute Gasteiger partial charge is 0.0379 e. The molecular formula is C12H18N2. The van der Waals surface area contributed by atoms with Gasteiger partial charge in [0.1, 0.15) is 0 Å². The molecule has 0 aliphatic heterocycles. The highest BCUT2D eigenvalue weighted by Gasteiger charge is 2.31. The Morgan fingerprint density at radius 1 is 1.29 bits per heavy atom. The zero-order valence-electron chi connectivity index (χ0n) is 9.17. The summed E-state index contributed by atoms with van der Waals surface area (Å²) in [6.45, 7) is 4.13. The second-order valence-electron chi connectivity index (χ2n) is 4.29. The second-order valence-corrected chi connectivity index (χ2v) is 4.29. The summed E-state index contributed by atoms with van der Waals surface area (Å²) in [5, 5.41) is 3.41. The highest BCUT2D eigenvalue weighted by molar-refractivity contribution is 5.25. The fourth-order valence-electron chi connectivity index (χ4n) is 2.15. The lowest BCUT2D eigenvalue weighted by atomic mass is 10.0. The molecule has 2 heteroatoms. The van der Waals surface area contributed by atoms with Gasteiger partial charge in [0.15, 0.2) is 0 Å². The average molecular weight is 190 g/mol. The molecule has 1 heterocycles. The first kappa shape index (κ1) is 9.66. The normalized spacial score (nSPS) is 18.2. The van der Waals surface area contributed by atoms with Crippen LogP contribution < -0.4 is 5.32 Å². The maximum absolute atomic E-state index is 4.40. The molecular weight excluding hydrogens is 172 g/mol. The minimum atomic E-state index is 0.537. The van der Waals surface area contributed by atoms with Gasteiger partial charge >= 0.3 is 0 Å². The highest BCUT2D eigenvalue weighted by Crippen LogP contribution is 2.40. The molecule has 1 aliphatic carbocycles. The molecule has 0 bridgehead atoms. The topological polar surface area (TPSA) is 24.9 Å². The van der Waals surface area contributed by atoms with Crippen LogP contribution in [-0.2, 0) is 0 Å². The Bertz CT molecular complexity index is 309. The van der Waals surface area contributed by atoms with E-state index < -0.39 is 0 Å². The summed E-state index contributed by atoms with van der Waals surface area (Å²) in [6, 6.07) is 4.94. The van der Waals surface area contributed by atoms with Crippen molar-refractivity contribution in [3.8, 4) is 0 Å². The molecule has 0 spiro atoms. The third-order valence-corrected chi connectivity index (χ3v) is 2.87. The number of nitrogens with zero attached hydrogens (tertiary/aromatic N) is 1. The maximum Gasteiger partial charge on any atom is 0.0379 e. The van der Waals surface area contributed by atoms with Crippen molar-refractivity contribution in [3.05, 3.63) is 29.1 Å². The Kier molecular flexibility index (Phi) is 2.55. The predicted molar refractivity (Wildman–Crippen MR) is 58.2 cm³/mol. The van der Waals surface area contributed by atoms with Gasteiger partial charge in [0.05, 0.1) is 0 Å². The Morgan fingerprint density at radius 2 is 1.86 bits per heavy atom. The molecule has 1 atom stereocenters. The van der Waals surface area contributed by atoms with Crippen LogP contribution in [-0.4, -0.2) is 12.0 Å². The number of hydrogen-bond donors (Lipinski definition) is 1. The molecule has 1 fully saturated rings. The van der Waals surface area contributed by atoms with E-state index in [9.17, 15) is 0 Å². The Morgan fingerprint density at radius 3 is 2.29 bits per heavy atom. The quantitative estimate of drug-likeness (QED) is 0.791. The summed E-state index contributed by atoms with van der Waals surface area (Å²) in [5.74, 6) is 0.848. The van der Waals surface area contributed by atoms with Crippen molar-refractivity contribution in [1.82, 2.24) is 10.3 Å². The van der Waals surface area contributed by atoms with Gasteiger partial charge in [-0.25, -0.2) is 0 Å². The molecule has 0 radical (unpaired) electrons. The molecule has 1 aromatic heterocycles. The van der Waals surface area contributed by atoms with E-state index in [1.165, 1.54) is 18.4 Å². The minimum absolute atomic E-state index is 0.537. The lowest BCUT2D eigenvalue weighted by Gasteiger charge is -2.16. The van der Waals surface area contributed by atoms with Crippen LogP contribution in [0.25, 0.3) is 0 Å². The summed E-state index contributed by atoms with van der Waals surface area (Å²) >= 11 is 0. The van der Waals surface area contributed by atoms with Crippen LogP contribution in [0.15, 0.2) is 12.1 Å². The number of nitrogens with one attached hydrogen (secondary N) is 1. The third-order valence-electron chi connectivity index (χ3n) is 2.87. The standard InChI is InChI=1S/C12H18N2/c1-8-6-11(7-9(2)14-8)12(13-3)10-4-5-10/h6-7,10,12-13H,4-5H2,1-3H3. The first-order valence-electron chi connectivity index (χ1n) is 5.33. The van der Waals surface area contributed by atoms with E-state index in [0.29, 0.717) is 6.04 Å². The monoisotopic (exact) mass is 190 g/mol. The van der Waals surface area contributed by atoms with Crippen molar-refractivity contribution in [1.29, 1.82) is 0 Å². The summed E-state index contributed by atoms with van der Waals surface area (Å²) in [7, 11) is 2.05. The van der Waals surface area contributed by atoms with E-state index >= 15 is 0 Å². The van der Waals surface area contributed by atoms with Crippen molar-refractivity contribution >= 4 is 0 Å². The summed E-state index contributed by atoms with van der Waals surface area (Å²) in [5.41, 5.74) is 3.65. The van der Waals surface area contributed by atoms with E-state index in [1.54, 1.807) is 0 Å². The zero-order valence-corrected chi connectivity index (χ0v) is 9.17. The van der Waals surface area contributed by atoms with E-state index in [0.717, 1.165) is 17.3 Å².